The van der Waals surface area contributed by atoms with Crippen LogP contribution in [0.4, 0.5) is 0 Å². The van der Waals surface area contributed by atoms with E-state index in [0.717, 1.165) is 0 Å². The van der Waals surface area contributed by atoms with E-state index in [4.69, 9.17) is 28.4 Å². The molecular formula is C17H28O6. The second-order valence-corrected chi connectivity index (χ2v) is 7.53. The average molecular weight is 328 g/mol. The van der Waals surface area contributed by atoms with E-state index in [1.165, 1.54) is 5.57 Å². The summed E-state index contributed by atoms with van der Waals surface area (Å²) in [6, 6.07) is 0. The predicted molar refractivity (Wildman–Crippen MR) is 82.8 cm³/mol. The normalized spacial score (nSPS) is 40.5. The molecule has 0 aromatic carbocycles. The second-order valence-electron chi connectivity index (χ2n) is 7.53. The lowest BCUT2D eigenvalue weighted by Crippen LogP contribution is -2.56. The topological polar surface area (TPSA) is 55.4 Å². The summed E-state index contributed by atoms with van der Waals surface area (Å²) >= 11 is 0. The Bertz CT molecular complexity index is 468. The van der Waals surface area contributed by atoms with E-state index in [0.29, 0.717) is 13.2 Å². The average Bonchev–Trinajstić information content (AvgIpc) is 2.88. The highest BCUT2D eigenvalue weighted by molar-refractivity contribution is 5.00. The molecule has 132 valence electrons. The Kier molecular flexibility index (Phi) is 4.59. The number of allylic oxidation sites excluding steroid dienone is 1. The van der Waals surface area contributed by atoms with Crippen LogP contribution in [0.3, 0.4) is 0 Å². The molecule has 3 heterocycles. The monoisotopic (exact) mass is 328 g/mol. The van der Waals surface area contributed by atoms with Crippen LogP contribution in [-0.4, -0.2) is 55.5 Å². The third-order valence-corrected chi connectivity index (χ3v) is 4.14. The van der Waals surface area contributed by atoms with Gasteiger partial charge in [0, 0.05) is 0 Å². The van der Waals surface area contributed by atoms with Crippen molar-refractivity contribution in [2.45, 2.75) is 83.8 Å². The third kappa shape index (κ3) is 3.78. The van der Waals surface area contributed by atoms with Crippen molar-refractivity contribution < 1.29 is 28.4 Å². The first-order valence-corrected chi connectivity index (χ1v) is 8.25. The van der Waals surface area contributed by atoms with Gasteiger partial charge in [0.05, 0.1) is 13.2 Å². The molecule has 6 nitrogen and oxygen atoms in total. The van der Waals surface area contributed by atoms with Crippen molar-refractivity contribution in [2.24, 2.45) is 0 Å². The molecule has 3 saturated heterocycles. The molecule has 0 radical (unpaired) electrons. The van der Waals surface area contributed by atoms with Crippen molar-refractivity contribution in [3.05, 3.63) is 11.6 Å². The Hall–Kier alpha value is -0.500. The molecule has 0 aromatic rings. The van der Waals surface area contributed by atoms with Crippen LogP contribution in [0, 0.1) is 0 Å². The van der Waals surface area contributed by atoms with Gasteiger partial charge in [0.25, 0.3) is 0 Å². The van der Waals surface area contributed by atoms with Gasteiger partial charge in [-0.05, 0) is 41.5 Å². The Morgan fingerprint density at radius 2 is 1.52 bits per heavy atom. The van der Waals surface area contributed by atoms with Crippen LogP contribution >= 0.6 is 0 Å². The number of rotatable bonds is 4. The van der Waals surface area contributed by atoms with E-state index in [2.05, 4.69) is 0 Å². The standard InChI is InChI=1S/C17H28O6/c1-10(2)7-8-18-9-11-12-13(21-16(3,4)20-12)14-15(19-11)23-17(5,6)22-14/h7,11-15H,8-9H2,1-6H3/t11-,12+,13+,14-,15-/m1/s1. The van der Waals surface area contributed by atoms with Gasteiger partial charge in [0.15, 0.2) is 17.9 Å². The van der Waals surface area contributed by atoms with Crippen LogP contribution < -0.4 is 0 Å². The molecule has 0 aliphatic carbocycles. The van der Waals surface area contributed by atoms with Crippen LogP contribution in [0.5, 0.6) is 0 Å². The Balaban J connectivity index is 1.70. The zero-order valence-electron chi connectivity index (χ0n) is 14.8. The first-order valence-electron chi connectivity index (χ1n) is 8.25. The Morgan fingerprint density at radius 3 is 2.22 bits per heavy atom. The number of hydrogen-bond donors (Lipinski definition) is 0. The minimum atomic E-state index is -0.687. The molecule has 0 spiro atoms. The lowest BCUT2D eigenvalue weighted by atomic mass is 9.99. The van der Waals surface area contributed by atoms with E-state index >= 15 is 0 Å². The number of ether oxygens (including phenoxy) is 6. The SMILES string of the molecule is CC(C)=CCOC[C@H]1O[C@@H]2OC(C)(C)O[C@@H]2[C@H]2OC(C)(C)O[C@H]21. The molecule has 3 aliphatic rings. The minimum Gasteiger partial charge on any atom is -0.375 e. The van der Waals surface area contributed by atoms with E-state index < -0.39 is 17.9 Å². The van der Waals surface area contributed by atoms with Gasteiger partial charge in [-0.1, -0.05) is 11.6 Å². The fraction of sp³-hybridized carbons (Fsp3) is 0.882. The van der Waals surface area contributed by atoms with Crippen LogP contribution in [0.25, 0.3) is 0 Å². The quantitative estimate of drug-likeness (QED) is 0.583. The highest BCUT2D eigenvalue weighted by atomic mass is 16.9. The summed E-state index contributed by atoms with van der Waals surface area (Å²) in [4.78, 5) is 0. The van der Waals surface area contributed by atoms with Gasteiger partial charge in [-0.3, -0.25) is 0 Å². The van der Waals surface area contributed by atoms with Crippen LogP contribution in [0.2, 0.25) is 0 Å². The fourth-order valence-electron chi connectivity index (χ4n) is 3.24. The maximum atomic E-state index is 6.06. The minimum absolute atomic E-state index is 0.220. The summed E-state index contributed by atoms with van der Waals surface area (Å²) in [5.74, 6) is -1.35. The van der Waals surface area contributed by atoms with Gasteiger partial charge in [-0.25, -0.2) is 0 Å². The van der Waals surface area contributed by atoms with E-state index in [-0.39, 0.29) is 24.4 Å². The highest BCUT2D eigenvalue weighted by Gasteiger charge is 2.60. The summed E-state index contributed by atoms with van der Waals surface area (Å²) in [6.45, 7) is 12.6. The number of fused-ring (bicyclic) bond motifs is 3. The summed E-state index contributed by atoms with van der Waals surface area (Å²) in [5.41, 5.74) is 1.23. The van der Waals surface area contributed by atoms with Gasteiger partial charge in [-0.2, -0.15) is 0 Å². The number of hydrogen-bond acceptors (Lipinski definition) is 6. The third-order valence-electron chi connectivity index (χ3n) is 4.14. The molecule has 23 heavy (non-hydrogen) atoms. The van der Waals surface area contributed by atoms with Crippen molar-refractivity contribution in [3.63, 3.8) is 0 Å². The van der Waals surface area contributed by atoms with Crippen LogP contribution in [-0.2, 0) is 28.4 Å². The molecule has 0 amide bonds. The van der Waals surface area contributed by atoms with Crippen molar-refractivity contribution >= 4 is 0 Å². The summed E-state index contributed by atoms with van der Waals surface area (Å²) in [7, 11) is 0. The molecule has 0 saturated carbocycles. The molecular weight excluding hydrogens is 300 g/mol. The van der Waals surface area contributed by atoms with Gasteiger partial charge < -0.3 is 28.4 Å². The Labute approximate surface area is 138 Å². The summed E-state index contributed by atoms with van der Waals surface area (Å²) < 4.78 is 35.7. The van der Waals surface area contributed by atoms with E-state index in [1.54, 1.807) is 0 Å². The zero-order chi connectivity index (χ0) is 16.8. The molecule has 3 aliphatic heterocycles. The van der Waals surface area contributed by atoms with Crippen LogP contribution in [0.15, 0.2) is 11.6 Å². The van der Waals surface area contributed by atoms with Gasteiger partial charge in [-0.15, -0.1) is 0 Å². The largest absolute Gasteiger partial charge is 0.375 e. The Morgan fingerprint density at radius 1 is 0.913 bits per heavy atom. The molecule has 3 fully saturated rings. The zero-order valence-corrected chi connectivity index (χ0v) is 14.8. The van der Waals surface area contributed by atoms with Crippen molar-refractivity contribution in [2.75, 3.05) is 13.2 Å². The predicted octanol–water partition coefficient (Wildman–Crippen LogP) is 2.37. The lowest BCUT2D eigenvalue weighted by Gasteiger charge is -2.37. The highest BCUT2D eigenvalue weighted by Crippen LogP contribution is 2.44. The molecule has 3 rings (SSSR count). The van der Waals surface area contributed by atoms with Crippen molar-refractivity contribution in [3.8, 4) is 0 Å². The maximum absolute atomic E-state index is 6.06. The van der Waals surface area contributed by atoms with E-state index in [9.17, 15) is 0 Å². The molecule has 0 unspecified atom stereocenters. The summed E-state index contributed by atoms with van der Waals surface area (Å²) in [6.07, 6.45) is 0.605. The first-order chi connectivity index (χ1) is 10.7. The van der Waals surface area contributed by atoms with Gasteiger partial charge >= 0.3 is 0 Å². The van der Waals surface area contributed by atoms with E-state index in [1.807, 2.05) is 47.6 Å². The van der Waals surface area contributed by atoms with Crippen molar-refractivity contribution in [1.82, 2.24) is 0 Å². The molecule has 6 heteroatoms. The molecule has 5 atom stereocenters. The van der Waals surface area contributed by atoms with Crippen LogP contribution in [0.1, 0.15) is 41.5 Å². The molecule has 0 bridgehead atoms. The summed E-state index contributed by atoms with van der Waals surface area (Å²) in [5, 5.41) is 0. The lowest BCUT2D eigenvalue weighted by molar-refractivity contribution is -0.242. The van der Waals surface area contributed by atoms with Gasteiger partial charge in [0.2, 0.25) is 0 Å². The smallest absolute Gasteiger partial charge is 0.190 e. The molecule has 0 N–H and O–H groups in total. The fourth-order valence-corrected chi connectivity index (χ4v) is 3.24. The van der Waals surface area contributed by atoms with Crippen molar-refractivity contribution in [1.29, 1.82) is 0 Å². The molecule has 0 aromatic heterocycles. The van der Waals surface area contributed by atoms with Gasteiger partial charge in [0.1, 0.15) is 24.4 Å². The first kappa shape index (κ1) is 17.3. The maximum Gasteiger partial charge on any atom is 0.190 e. The second kappa shape index (κ2) is 6.10.